The van der Waals surface area contributed by atoms with Crippen LogP contribution in [-0.4, -0.2) is 41.8 Å². The molecular formula is C14H18ClN3O2. The lowest BCUT2D eigenvalue weighted by molar-refractivity contribution is -0.128. The molecule has 108 valence electrons. The summed E-state index contributed by atoms with van der Waals surface area (Å²) in [6, 6.07) is 1.67. The molecule has 2 rings (SSSR count). The number of hydrogen-bond acceptors (Lipinski definition) is 3. The van der Waals surface area contributed by atoms with E-state index < -0.39 is 5.41 Å². The average Bonchev–Trinajstić information content (AvgIpc) is 2.81. The van der Waals surface area contributed by atoms with Gasteiger partial charge in [-0.3, -0.25) is 14.6 Å². The second-order valence-electron chi connectivity index (χ2n) is 5.42. The predicted molar refractivity (Wildman–Crippen MR) is 76.7 cm³/mol. The van der Waals surface area contributed by atoms with Gasteiger partial charge in [0.15, 0.2) is 0 Å². The molecule has 1 N–H and O–H groups in total. The summed E-state index contributed by atoms with van der Waals surface area (Å²) in [6.45, 7) is 4.63. The van der Waals surface area contributed by atoms with Crippen molar-refractivity contribution >= 4 is 23.4 Å². The smallest absolute Gasteiger partial charge is 0.256 e. The zero-order valence-corrected chi connectivity index (χ0v) is 12.6. The molecule has 1 unspecified atom stereocenters. The van der Waals surface area contributed by atoms with E-state index in [4.69, 9.17) is 11.6 Å². The summed E-state index contributed by atoms with van der Waals surface area (Å²) in [7, 11) is 1.61. The summed E-state index contributed by atoms with van der Waals surface area (Å²) < 4.78 is 0. The van der Waals surface area contributed by atoms with Crippen molar-refractivity contribution in [1.29, 1.82) is 0 Å². The first-order valence-electron chi connectivity index (χ1n) is 6.51. The largest absolute Gasteiger partial charge is 0.359 e. The highest BCUT2D eigenvalue weighted by atomic mass is 35.5. The Hall–Kier alpha value is -1.62. The number of carbonyl (C=O) groups excluding carboxylic acids is 2. The Bertz CT molecular complexity index is 561. The molecule has 0 aromatic carbocycles. The maximum atomic E-state index is 12.4. The maximum absolute atomic E-state index is 12.4. The first kappa shape index (κ1) is 14.8. The van der Waals surface area contributed by atoms with E-state index in [9.17, 15) is 9.59 Å². The highest BCUT2D eigenvalue weighted by molar-refractivity contribution is 6.33. The van der Waals surface area contributed by atoms with Gasteiger partial charge in [-0.25, -0.2) is 0 Å². The van der Waals surface area contributed by atoms with E-state index in [0.29, 0.717) is 30.1 Å². The molecule has 1 aromatic heterocycles. The summed E-state index contributed by atoms with van der Waals surface area (Å²) >= 11 is 6.10. The van der Waals surface area contributed by atoms with Gasteiger partial charge in [-0.1, -0.05) is 11.6 Å². The Kier molecular flexibility index (Phi) is 3.99. The zero-order valence-electron chi connectivity index (χ0n) is 11.9. The molecule has 20 heavy (non-hydrogen) atoms. The molecule has 6 heteroatoms. The van der Waals surface area contributed by atoms with Crippen LogP contribution in [0.2, 0.25) is 5.02 Å². The van der Waals surface area contributed by atoms with Gasteiger partial charge < -0.3 is 10.2 Å². The third-order valence-electron chi connectivity index (χ3n) is 3.76. The van der Waals surface area contributed by atoms with Crippen LogP contribution >= 0.6 is 11.6 Å². The van der Waals surface area contributed by atoms with Gasteiger partial charge in [0, 0.05) is 32.0 Å². The summed E-state index contributed by atoms with van der Waals surface area (Å²) in [5.74, 6) is -0.212. The molecular weight excluding hydrogens is 278 g/mol. The number of halogens is 1. The SMILES string of the molecule is CNC(=O)C1(C)CCN(C(=O)c2cnc(C)cc2Cl)C1. The van der Waals surface area contributed by atoms with Gasteiger partial charge in [-0.05, 0) is 26.3 Å². The van der Waals surface area contributed by atoms with E-state index in [2.05, 4.69) is 10.3 Å². The van der Waals surface area contributed by atoms with Crippen LogP contribution in [0.15, 0.2) is 12.3 Å². The van der Waals surface area contributed by atoms with E-state index in [-0.39, 0.29) is 11.8 Å². The van der Waals surface area contributed by atoms with Crippen molar-refractivity contribution in [3.63, 3.8) is 0 Å². The summed E-state index contributed by atoms with van der Waals surface area (Å²) in [6.07, 6.45) is 2.14. The van der Waals surface area contributed by atoms with Crippen molar-refractivity contribution in [2.45, 2.75) is 20.3 Å². The lowest BCUT2D eigenvalue weighted by atomic mass is 9.89. The number of nitrogens with zero attached hydrogens (tertiary/aromatic N) is 2. The lowest BCUT2D eigenvalue weighted by Gasteiger charge is -2.23. The number of pyridine rings is 1. The molecule has 0 radical (unpaired) electrons. The highest BCUT2D eigenvalue weighted by Crippen LogP contribution is 2.31. The summed E-state index contributed by atoms with van der Waals surface area (Å²) in [5, 5.41) is 3.05. The van der Waals surface area contributed by atoms with E-state index in [1.807, 2.05) is 13.8 Å². The molecule has 5 nitrogen and oxygen atoms in total. The molecule has 2 amide bonds. The normalized spacial score (nSPS) is 21.9. The van der Waals surface area contributed by atoms with Crippen LogP contribution < -0.4 is 5.32 Å². The molecule has 1 aliphatic rings. The molecule has 1 aliphatic heterocycles. The van der Waals surface area contributed by atoms with Gasteiger partial charge in [0.1, 0.15) is 0 Å². The first-order valence-corrected chi connectivity index (χ1v) is 6.89. The molecule has 0 aliphatic carbocycles. The molecule has 0 spiro atoms. The number of likely N-dealkylation sites (tertiary alicyclic amines) is 1. The standard InChI is InChI=1S/C14H18ClN3O2/c1-9-6-11(15)10(7-17-9)12(19)18-5-4-14(2,8-18)13(20)16-3/h6-7H,4-5,8H2,1-3H3,(H,16,20). The van der Waals surface area contributed by atoms with E-state index in [0.717, 1.165) is 5.69 Å². The summed E-state index contributed by atoms with van der Waals surface area (Å²) in [4.78, 5) is 30.1. The second-order valence-corrected chi connectivity index (χ2v) is 5.83. The minimum absolute atomic E-state index is 0.0408. The Morgan fingerprint density at radius 2 is 2.20 bits per heavy atom. The molecule has 1 aromatic rings. The topological polar surface area (TPSA) is 62.3 Å². The van der Waals surface area contributed by atoms with E-state index in [1.54, 1.807) is 18.0 Å². The molecule has 2 heterocycles. The second kappa shape index (κ2) is 5.40. The molecule has 1 fully saturated rings. The Morgan fingerprint density at radius 3 is 2.80 bits per heavy atom. The molecule has 0 saturated carbocycles. The van der Waals surface area contributed by atoms with Crippen LogP contribution in [0.5, 0.6) is 0 Å². The Morgan fingerprint density at radius 1 is 1.50 bits per heavy atom. The number of aryl methyl sites for hydroxylation is 1. The molecule has 1 saturated heterocycles. The Labute approximate surface area is 123 Å². The number of aromatic nitrogens is 1. The maximum Gasteiger partial charge on any atom is 0.256 e. The van der Waals surface area contributed by atoms with Gasteiger partial charge >= 0.3 is 0 Å². The van der Waals surface area contributed by atoms with E-state index in [1.165, 1.54) is 6.20 Å². The van der Waals surface area contributed by atoms with Crippen molar-refractivity contribution in [3.05, 3.63) is 28.5 Å². The van der Waals surface area contributed by atoms with Crippen LogP contribution in [0.3, 0.4) is 0 Å². The fraction of sp³-hybridized carbons (Fsp3) is 0.500. The predicted octanol–water partition coefficient (Wildman–Crippen LogP) is 1.64. The third-order valence-corrected chi connectivity index (χ3v) is 4.07. The van der Waals surface area contributed by atoms with Crippen LogP contribution in [0.25, 0.3) is 0 Å². The minimum Gasteiger partial charge on any atom is -0.359 e. The van der Waals surface area contributed by atoms with Crippen LogP contribution in [0, 0.1) is 12.3 Å². The first-order chi connectivity index (χ1) is 9.37. The lowest BCUT2D eigenvalue weighted by Crippen LogP contribution is -2.40. The van der Waals surface area contributed by atoms with Gasteiger partial charge in [0.2, 0.25) is 5.91 Å². The highest BCUT2D eigenvalue weighted by Gasteiger charge is 2.41. The van der Waals surface area contributed by atoms with Crippen molar-refractivity contribution in [1.82, 2.24) is 15.2 Å². The number of rotatable bonds is 2. The van der Waals surface area contributed by atoms with Crippen LogP contribution in [0.4, 0.5) is 0 Å². The van der Waals surface area contributed by atoms with Gasteiger partial charge in [-0.2, -0.15) is 0 Å². The number of hydrogen-bond donors (Lipinski definition) is 1. The van der Waals surface area contributed by atoms with Crippen LogP contribution in [-0.2, 0) is 4.79 Å². The van der Waals surface area contributed by atoms with Crippen molar-refractivity contribution in [3.8, 4) is 0 Å². The monoisotopic (exact) mass is 295 g/mol. The van der Waals surface area contributed by atoms with Gasteiger partial charge in [0.05, 0.1) is 16.0 Å². The van der Waals surface area contributed by atoms with E-state index >= 15 is 0 Å². The van der Waals surface area contributed by atoms with Crippen molar-refractivity contribution < 1.29 is 9.59 Å². The molecule has 0 bridgehead atoms. The number of nitrogens with one attached hydrogen (secondary N) is 1. The van der Waals surface area contributed by atoms with Gasteiger partial charge in [-0.15, -0.1) is 0 Å². The summed E-state index contributed by atoms with van der Waals surface area (Å²) in [5.41, 5.74) is 0.622. The zero-order chi connectivity index (χ0) is 14.9. The fourth-order valence-corrected chi connectivity index (χ4v) is 2.76. The fourth-order valence-electron chi connectivity index (χ4n) is 2.48. The molecule has 1 atom stereocenters. The number of amides is 2. The number of carbonyl (C=O) groups is 2. The van der Waals surface area contributed by atoms with Crippen molar-refractivity contribution in [2.24, 2.45) is 5.41 Å². The quantitative estimate of drug-likeness (QED) is 0.902. The van der Waals surface area contributed by atoms with Crippen LogP contribution in [0.1, 0.15) is 29.4 Å². The van der Waals surface area contributed by atoms with Crippen molar-refractivity contribution in [2.75, 3.05) is 20.1 Å². The third kappa shape index (κ3) is 2.63. The Balaban J connectivity index is 2.18. The average molecular weight is 296 g/mol. The van der Waals surface area contributed by atoms with Gasteiger partial charge in [0.25, 0.3) is 5.91 Å². The minimum atomic E-state index is -0.533.